The second-order valence-electron chi connectivity index (χ2n) is 4.75. The number of benzene rings is 1. The average Bonchev–Trinajstić information content (AvgIpc) is 2.55. The van der Waals surface area contributed by atoms with Crippen molar-refractivity contribution in [3.05, 3.63) is 63.9 Å². The van der Waals surface area contributed by atoms with Gasteiger partial charge in [-0.2, -0.15) is 0 Å². The topological polar surface area (TPSA) is 71.1 Å². The van der Waals surface area contributed by atoms with Gasteiger partial charge in [-0.1, -0.05) is 35.3 Å². The van der Waals surface area contributed by atoms with E-state index in [1.165, 1.54) is 0 Å². The Morgan fingerprint density at radius 1 is 1.04 bits per heavy atom. The van der Waals surface area contributed by atoms with Crippen LogP contribution in [-0.4, -0.2) is 23.3 Å². The van der Waals surface area contributed by atoms with Gasteiger partial charge in [0.1, 0.15) is 0 Å². The van der Waals surface area contributed by atoms with E-state index in [0.717, 1.165) is 5.56 Å². The van der Waals surface area contributed by atoms with Crippen LogP contribution in [0.1, 0.15) is 11.3 Å². The zero-order valence-electron chi connectivity index (χ0n) is 12.2. The van der Waals surface area contributed by atoms with E-state index in [2.05, 4.69) is 15.6 Å². The molecule has 2 amide bonds. The highest BCUT2D eigenvalue weighted by Crippen LogP contribution is 2.20. The van der Waals surface area contributed by atoms with Gasteiger partial charge in [-0.3, -0.25) is 14.6 Å². The maximum Gasteiger partial charge on any atom is 0.309 e. The molecule has 1 aromatic heterocycles. The second-order valence-corrected chi connectivity index (χ2v) is 5.59. The van der Waals surface area contributed by atoms with Crippen LogP contribution in [-0.2, 0) is 22.6 Å². The first-order chi connectivity index (χ1) is 11.1. The zero-order valence-corrected chi connectivity index (χ0v) is 13.7. The van der Waals surface area contributed by atoms with Gasteiger partial charge in [-0.05, 0) is 36.2 Å². The third kappa shape index (κ3) is 5.54. The number of amides is 2. The van der Waals surface area contributed by atoms with Crippen molar-refractivity contribution < 1.29 is 9.59 Å². The molecule has 0 saturated carbocycles. The largest absolute Gasteiger partial charge is 0.348 e. The van der Waals surface area contributed by atoms with Gasteiger partial charge in [0.15, 0.2) is 0 Å². The molecule has 5 nitrogen and oxygen atoms in total. The summed E-state index contributed by atoms with van der Waals surface area (Å²) in [5.41, 5.74) is 1.53. The molecule has 7 heteroatoms. The molecule has 1 heterocycles. The molecule has 2 aromatic rings. The molecule has 120 valence electrons. The van der Waals surface area contributed by atoms with Gasteiger partial charge in [-0.15, -0.1) is 0 Å². The number of nitrogens with zero attached hydrogens (tertiary/aromatic N) is 1. The highest BCUT2D eigenvalue weighted by Gasteiger charge is 2.12. The molecule has 0 spiro atoms. The summed E-state index contributed by atoms with van der Waals surface area (Å²) in [5.74, 6) is -1.39. The second kappa shape index (κ2) is 8.50. The molecule has 2 rings (SSSR count). The van der Waals surface area contributed by atoms with Crippen molar-refractivity contribution in [3.63, 3.8) is 0 Å². The number of hydrogen-bond donors (Lipinski definition) is 2. The Morgan fingerprint density at radius 3 is 2.52 bits per heavy atom. The van der Waals surface area contributed by atoms with Crippen LogP contribution in [0.3, 0.4) is 0 Å². The van der Waals surface area contributed by atoms with E-state index in [-0.39, 0.29) is 6.54 Å². The minimum Gasteiger partial charge on any atom is -0.348 e. The monoisotopic (exact) mass is 351 g/mol. The van der Waals surface area contributed by atoms with Crippen LogP contribution in [0.4, 0.5) is 0 Å². The maximum atomic E-state index is 11.7. The predicted molar refractivity (Wildman–Crippen MR) is 89.3 cm³/mol. The molecule has 0 aliphatic heterocycles. The van der Waals surface area contributed by atoms with Gasteiger partial charge >= 0.3 is 11.8 Å². The molecule has 0 bridgehead atoms. The number of carbonyl (C=O) groups is 2. The van der Waals surface area contributed by atoms with Crippen LogP contribution < -0.4 is 10.6 Å². The van der Waals surface area contributed by atoms with Crippen molar-refractivity contribution in [1.82, 2.24) is 15.6 Å². The Kier molecular flexibility index (Phi) is 6.38. The fourth-order valence-electron chi connectivity index (χ4n) is 1.87. The van der Waals surface area contributed by atoms with Gasteiger partial charge in [0.25, 0.3) is 0 Å². The van der Waals surface area contributed by atoms with Gasteiger partial charge in [0.05, 0.1) is 12.2 Å². The molecule has 0 aliphatic rings. The third-order valence-electron chi connectivity index (χ3n) is 3.06. The van der Waals surface area contributed by atoms with Crippen LogP contribution in [0, 0.1) is 0 Å². The number of aromatic nitrogens is 1. The molecular formula is C16H15Cl2N3O2. The first-order valence-corrected chi connectivity index (χ1v) is 7.71. The lowest BCUT2D eigenvalue weighted by Gasteiger charge is -2.07. The Labute approximate surface area is 144 Å². The van der Waals surface area contributed by atoms with E-state index >= 15 is 0 Å². The summed E-state index contributed by atoms with van der Waals surface area (Å²) in [4.78, 5) is 27.4. The first-order valence-electron chi connectivity index (χ1n) is 6.96. The van der Waals surface area contributed by atoms with Crippen molar-refractivity contribution in [2.45, 2.75) is 13.0 Å². The maximum absolute atomic E-state index is 11.7. The number of halogens is 2. The minimum atomic E-state index is -0.696. The summed E-state index contributed by atoms with van der Waals surface area (Å²) in [7, 11) is 0. The van der Waals surface area contributed by atoms with Gasteiger partial charge in [0, 0.05) is 22.8 Å². The average molecular weight is 352 g/mol. The van der Waals surface area contributed by atoms with E-state index in [1.54, 1.807) is 36.5 Å². The summed E-state index contributed by atoms with van der Waals surface area (Å²) < 4.78 is 0. The summed E-state index contributed by atoms with van der Waals surface area (Å²) in [6.45, 7) is 0.507. The molecular weight excluding hydrogens is 337 g/mol. The Bertz CT molecular complexity index is 693. The van der Waals surface area contributed by atoms with E-state index < -0.39 is 11.8 Å². The highest BCUT2D eigenvalue weighted by molar-refractivity contribution is 6.35. The molecule has 0 atom stereocenters. The number of nitrogens with one attached hydrogen (secondary N) is 2. The number of rotatable bonds is 5. The number of pyridine rings is 1. The molecule has 0 unspecified atom stereocenters. The third-order valence-corrected chi connectivity index (χ3v) is 3.64. The van der Waals surface area contributed by atoms with Crippen molar-refractivity contribution in [2.75, 3.05) is 6.54 Å². The minimum absolute atomic E-state index is 0.204. The highest BCUT2D eigenvalue weighted by atomic mass is 35.5. The van der Waals surface area contributed by atoms with Crippen molar-refractivity contribution in [1.29, 1.82) is 0 Å². The molecule has 23 heavy (non-hydrogen) atoms. The van der Waals surface area contributed by atoms with Crippen LogP contribution in [0.2, 0.25) is 10.0 Å². The first kappa shape index (κ1) is 17.2. The fourth-order valence-corrected chi connectivity index (χ4v) is 2.37. The molecule has 2 N–H and O–H groups in total. The summed E-state index contributed by atoms with van der Waals surface area (Å²) >= 11 is 11.9. The molecule has 0 aliphatic carbocycles. The van der Waals surface area contributed by atoms with Crippen LogP contribution in [0.15, 0.2) is 42.6 Å². The Morgan fingerprint density at radius 2 is 1.83 bits per heavy atom. The van der Waals surface area contributed by atoms with Crippen molar-refractivity contribution >= 4 is 35.0 Å². The van der Waals surface area contributed by atoms with Crippen molar-refractivity contribution in [3.8, 4) is 0 Å². The number of carbonyl (C=O) groups excluding carboxylic acids is 2. The van der Waals surface area contributed by atoms with Crippen LogP contribution >= 0.6 is 23.2 Å². The smallest absolute Gasteiger partial charge is 0.309 e. The summed E-state index contributed by atoms with van der Waals surface area (Å²) in [6, 6.07) is 10.5. The lowest BCUT2D eigenvalue weighted by molar-refractivity contribution is -0.139. The summed E-state index contributed by atoms with van der Waals surface area (Å²) in [6.07, 6.45) is 2.13. The normalized spacial score (nSPS) is 10.2. The SMILES string of the molecule is O=C(NCCc1ccc(Cl)cc1Cl)C(=O)NCc1ccccn1. The lowest BCUT2D eigenvalue weighted by Crippen LogP contribution is -2.40. The predicted octanol–water partition coefficient (Wildman–Crippen LogP) is 2.36. The molecule has 1 aromatic carbocycles. The van der Waals surface area contributed by atoms with E-state index in [4.69, 9.17) is 23.2 Å². The Balaban J connectivity index is 1.74. The van der Waals surface area contributed by atoms with Gasteiger partial charge in [-0.25, -0.2) is 0 Å². The van der Waals surface area contributed by atoms with Crippen molar-refractivity contribution in [2.24, 2.45) is 0 Å². The Hall–Kier alpha value is -2.11. The number of hydrogen-bond acceptors (Lipinski definition) is 3. The lowest BCUT2D eigenvalue weighted by atomic mass is 10.1. The molecule has 0 radical (unpaired) electrons. The van der Waals surface area contributed by atoms with E-state index in [1.807, 2.05) is 6.07 Å². The summed E-state index contributed by atoms with van der Waals surface area (Å²) in [5, 5.41) is 6.14. The van der Waals surface area contributed by atoms with E-state index in [9.17, 15) is 9.59 Å². The van der Waals surface area contributed by atoms with Gasteiger partial charge in [0.2, 0.25) is 0 Å². The molecule has 0 saturated heterocycles. The van der Waals surface area contributed by atoms with E-state index in [0.29, 0.717) is 28.7 Å². The fraction of sp³-hybridized carbons (Fsp3) is 0.188. The van der Waals surface area contributed by atoms with Crippen LogP contribution in [0.25, 0.3) is 0 Å². The molecule has 0 fully saturated rings. The zero-order chi connectivity index (χ0) is 16.7. The quantitative estimate of drug-likeness (QED) is 0.812. The standard InChI is InChI=1S/C16H15Cl2N3O2/c17-12-5-4-11(14(18)9-12)6-8-20-15(22)16(23)21-10-13-3-1-2-7-19-13/h1-5,7,9H,6,8,10H2,(H,20,22)(H,21,23). The van der Waals surface area contributed by atoms with Crippen LogP contribution in [0.5, 0.6) is 0 Å². The van der Waals surface area contributed by atoms with Gasteiger partial charge < -0.3 is 10.6 Å².